The first-order valence-corrected chi connectivity index (χ1v) is 29.2. The van der Waals surface area contributed by atoms with Crippen LogP contribution in [0.2, 0.25) is 0 Å². The van der Waals surface area contributed by atoms with Crippen molar-refractivity contribution >= 4 is 19.8 Å². The Labute approximate surface area is 397 Å². The molecule has 0 spiro atoms. The van der Waals surface area contributed by atoms with E-state index in [1.54, 1.807) is 0 Å². The van der Waals surface area contributed by atoms with Gasteiger partial charge in [0, 0.05) is 12.8 Å². The molecule has 10 heteroatoms. The highest BCUT2D eigenvalue weighted by atomic mass is 31.2. The SMILES string of the molecule is CCCCCCCCCCCCCCCCCCCCCCCCCCCC(=O)OC(COC(=O)CCCCCCCCCCCCCCCCC)COP(=O)([O-])OCC[N+](C)(C)C. The smallest absolute Gasteiger partial charge is 0.306 e. The highest BCUT2D eigenvalue weighted by Crippen LogP contribution is 2.38. The fraction of sp³-hybridized carbons (Fsp3) is 0.963. The monoisotopic (exact) mass is 930 g/mol. The molecule has 64 heavy (non-hydrogen) atoms. The second kappa shape index (κ2) is 47.1. The van der Waals surface area contributed by atoms with E-state index in [4.69, 9.17) is 18.5 Å². The second-order valence-corrected chi connectivity index (χ2v) is 21.7. The Hall–Kier alpha value is -0.990. The number of rotatable bonds is 52. The first-order valence-electron chi connectivity index (χ1n) is 27.7. The van der Waals surface area contributed by atoms with Crippen LogP contribution in [0.25, 0.3) is 0 Å². The summed E-state index contributed by atoms with van der Waals surface area (Å²) in [4.78, 5) is 37.8. The van der Waals surface area contributed by atoms with Crippen molar-refractivity contribution in [3.63, 3.8) is 0 Å². The molecule has 0 saturated carbocycles. The molecule has 0 aromatic carbocycles. The number of carbonyl (C=O) groups excluding carboxylic acids is 2. The molecular weight excluding hydrogens is 822 g/mol. The molecule has 2 unspecified atom stereocenters. The van der Waals surface area contributed by atoms with Gasteiger partial charge in [-0.1, -0.05) is 258 Å². The number of ether oxygens (including phenoxy) is 2. The van der Waals surface area contributed by atoms with Crippen LogP contribution >= 0.6 is 7.82 Å². The maximum absolute atomic E-state index is 12.8. The summed E-state index contributed by atoms with van der Waals surface area (Å²) in [6, 6.07) is 0. The van der Waals surface area contributed by atoms with Crippen LogP contribution in [0.1, 0.15) is 284 Å². The molecule has 2 atom stereocenters. The van der Waals surface area contributed by atoms with Gasteiger partial charge >= 0.3 is 11.9 Å². The van der Waals surface area contributed by atoms with Gasteiger partial charge in [-0.25, -0.2) is 0 Å². The summed E-state index contributed by atoms with van der Waals surface area (Å²) < 4.78 is 34.1. The molecule has 0 radical (unpaired) electrons. The minimum absolute atomic E-state index is 0.0252. The zero-order valence-electron chi connectivity index (χ0n) is 43.3. The zero-order chi connectivity index (χ0) is 47.1. The van der Waals surface area contributed by atoms with Gasteiger partial charge in [0.1, 0.15) is 19.8 Å². The molecule has 0 bridgehead atoms. The maximum Gasteiger partial charge on any atom is 0.306 e. The number of phosphoric acid groups is 1. The average molecular weight is 930 g/mol. The lowest BCUT2D eigenvalue weighted by molar-refractivity contribution is -0.870. The predicted molar refractivity (Wildman–Crippen MR) is 269 cm³/mol. The first-order chi connectivity index (χ1) is 31.0. The molecule has 382 valence electrons. The quantitative estimate of drug-likeness (QED) is 0.0257. The van der Waals surface area contributed by atoms with Gasteiger partial charge < -0.3 is 27.9 Å². The highest BCUT2D eigenvalue weighted by Gasteiger charge is 2.22. The van der Waals surface area contributed by atoms with E-state index >= 15 is 0 Å². The van der Waals surface area contributed by atoms with Gasteiger partial charge in [0.05, 0.1) is 27.7 Å². The number of nitrogens with zero attached hydrogens (tertiary/aromatic N) is 1. The molecular formula is C54H108NO8P. The summed E-state index contributed by atoms with van der Waals surface area (Å²) in [5.41, 5.74) is 0. The Balaban J connectivity index is 4.10. The van der Waals surface area contributed by atoms with E-state index in [2.05, 4.69) is 13.8 Å². The molecule has 0 heterocycles. The normalized spacial score (nSPS) is 13.3. The van der Waals surface area contributed by atoms with E-state index < -0.39 is 26.5 Å². The number of hydrogen-bond donors (Lipinski definition) is 0. The van der Waals surface area contributed by atoms with E-state index in [0.717, 1.165) is 32.1 Å². The minimum atomic E-state index is -4.62. The fourth-order valence-electron chi connectivity index (χ4n) is 8.31. The average Bonchev–Trinajstić information content (AvgIpc) is 3.25. The van der Waals surface area contributed by atoms with Crippen LogP contribution in [0.5, 0.6) is 0 Å². The zero-order valence-corrected chi connectivity index (χ0v) is 44.2. The van der Waals surface area contributed by atoms with Gasteiger partial charge in [0.2, 0.25) is 0 Å². The van der Waals surface area contributed by atoms with E-state index in [-0.39, 0.29) is 32.0 Å². The van der Waals surface area contributed by atoms with Crippen LogP contribution in [0.4, 0.5) is 0 Å². The number of unbranched alkanes of at least 4 members (excludes halogenated alkanes) is 38. The molecule has 0 N–H and O–H groups in total. The van der Waals surface area contributed by atoms with Crippen molar-refractivity contribution in [1.82, 2.24) is 0 Å². The second-order valence-electron chi connectivity index (χ2n) is 20.3. The summed E-state index contributed by atoms with van der Waals surface area (Å²) in [6.45, 7) is 4.30. The molecule has 0 saturated heterocycles. The molecule has 0 aromatic heterocycles. The van der Waals surface area contributed by atoms with E-state index in [1.807, 2.05) is 21.1 Å². The van der Waals surface area contributed by atoms with Gasteiger partial charge in [-0.3, -0.25) is 14.2 Å². The van der Waals surface area contributed by atoms with Crippen LogP contribution in [0.15, 0.2) is 0 Å². The molecule has 0 aliphatic carbocycles. The number of hydrogen-bond acceptors (Lipinski definition) is 8. The van der Waals surface area contributed by atoms with Crippen molar-refractivity contribution < 1.29 is 42.1 Å². The third-order valence-electron chi connectivity index (χ3n) is 12.6. The Morgan fingerprint density at radius 2 is 0.703 bits per heavy atom. The number of quaternary nitrogens is 1. The highest BCUT2D eigenvalue weighted by molar-refractivity contribution is 7.45. The van der Waals surface area contributed by atoms with Gasteiger partial charge in [0.15, 0.2) is 6.10 Å². The molecule has 0 fully saturated rings. The van der Waals surface area contributed by atoms with Gasteiger partial charge in [-0.05, 0) is 12.8 Å². The predicted octanol–water partition coefficient (Wildman–Crippen LogP) is 16.1. The van der Waals surface area contributed by atoms with E-state index in [9.17, 15) is 19.0 Å². The van der Waals surface area contributed by atoms with Gasteiger partial charge in [-0.15, -0.1) is 0 Å². The maximum atomic E-state index is 12.8. The number of likely N-dealkylation sites (N-methyl/N-ethyl adjacent to an activating group) is 1. The van der Waals surface area contributed by atoms with Gasteiger partial charge in [-0.2, -0.15) is 0 Å². The number of carbonyl (C=O) groups is 2. The van der Waals surface area contributed by atoms with Crippen molar-refractivity contribution in [2.75, 3.05) is 47.5 Å². The molecule has 0 aliphatic heterocycles. The lowest BCUT2D eigenvalue weighted by Gasteiger charge is -2.28. The summed E-state index contributed by atoms with van der Waals surface area (Å²) in [7, 11) is 1.19. The largest absolute Gasteiger partial charge is 0.756 e. The third kappa shape index (κ3) is 50.4. The fourth-order valence-corrected chi connectivity index (χ4v) is 9.03. The van der Waals surface area contributed by atoms with Crippen LogP contribution in [-0.4, -0.2) is 70.0 Å². The Morgan fingerprint density at radius 3 is 1.00 bits per heavy atom. The molecule has 9 nitrogen and oxygen atoms in total. The molecule has 0 amide bonds. The van der Waals surface area contributed by atoms with Crippen LogP contribution in [-0.2, 0) is 32.7 Å². The molecule has 0 aliphatic rings. The summed E-state index contributed by atoms with van der Waals surface area (Å²) in [6.07, 6.45) is 51.4. The van der Waals surface area contributed by atoms with Crippen LogP contribution in [0.3, 0.4) is 0 Å². The van der Waals surface area contributed by atoms with Gasteiger partial charge in [0.25, 0.3) is 7.82 Å². The lowest BCUT2D eigenvalue weighted by atomic mass is 10.0. The number of phosphoric ester groups is 1. The van der Waals surface area contributed by atoms with Crippen LogP contribution in [0, 0.1) is 0 Å². The topological polar surface area (TPSA) is 111 Å². The summed E-state index contributed by atoms with van der Waals surface area (Å²) in [5.74, 6) is -0.812. The van der Waals surface area contributed by atoms with E-state index in [1.165, 1.54) is 218 Å². The van der Waals surface area contributed by atoms with E-state index in [0.29, 0.717) is 17.4 Å². The standard InChI is InChI=1S/C54H108NO8P/c1-6-8-10-12-14-16-18-20-22-23-24-25-26-27-28-29-30-31-33-35-37-39-41-43-45-47-54(57)63-52(51-62-64(58,59)61-49-48-55(3,4)5)50-60-53(56)46-44-42-40-38-36-34-32-21-19-17-15-13-11-9-7-2/h52H,6-51H2,1-5H3. The Bertz CT molecular complexity index is 1050. The molecule has 0 aromatic rings. The Kier molecular flexibility index (Phi) is 46.4. The number of esters is 2. The van der Waals surface area contributed by atoms with Crippen molar-refractivity contribution in [3.05, 3.63) is 0 Å². The van der Waals surface area contributed by atoms with Crippen LogP contribution < -0.4 is 4.89 Å². The molecule has 0 rings (SSSR count). The van der Waals surface area contributed by atoms with Crippen molar-refractivity contribution in [1.29, 1.82) is 0 Å². The van der Waals surface area contributed by atoms with Crippen molar-refractivity contribution in [2.45, 2.75) is 290 Å². The van der Waals surface area contributed by atoms with Crippen molar-refractivity contribution in [2.24, 2.45) is 0 Å². The minimum Gasteiger partial charge on any atom is -0.756 e. The lowest BCUT2D eigenvalue weighted by Crippen LogP contribution is -2.37. The third-order valence-corrected chi connectivity index (χ3v) is 13.6. The summed E-state index contributed by atoms with van der Waals surface area (Å²) >= 11 is 0. The van der Waals surface area contributed by atoms with Crippen molar-refractivity contribution in [3.8, 4) is 0 Å². The summed E-state index contributed by atoms with van der Waals surface area (Å²) in [5, 5.41) is 0. The Morgan fingerprint density at radius 1 is 0.422 bits per heavy atom. The first kappa shape index (κ1) is 63.0.